The van der Waals surface area contributed by atoms with Crippen LogP contribution in [-0.4, -0.2) is 47.0 Å². The fourth-order valence-corrected chi connectivity index (χ4v) is 3.28. The molecule has 2 atom stereocenters. The Kier molecular flexibility index (Phi) is 3.73. The highest BCUT2D eigenvalue weighted by atomic mass is 19.4. The molecule has 24 heavy (non-hydrogen) atoms. The number of carbonyl (C=O) groups is 3. The van der Waals surface area contributed by atoms with Crippen LogP contribution in [-0.2, 0) is 9.59 Å². The van der Waals surface area contributed by atoms with Gasteiger partial charge in [0.05, 0.1) is 5.92 Å². The Morgan fingerprint density at radius 3 is 2.42 bits per heavy atom. The van der Waals surface area contributed by atoms with Gasteiger partial charge in [0.1, 0.15) is 5.92 Å². The number of amides is 3. The predicted molar refractivity (Wildman–Crippen MR) is 75.3 cm³/mol. The number of primary amides is 1. The number of rotatable bonds is 2. The summed E-state index contributed by atoms with van der Waals surface area (Å²) in [5.74, 6) is -7.70. The highest BCUT2D eigenvalue weighted by Crippen LogP contribution is 2.42. The predicted octanol–water partition coefficient (Wildman–Crippen LogP) is 1.04. The molecule has 1 aromatic rings. The number of hydrogen-bond acceptors (Lipinski definition) is 3. The highest BCUT2D eigenvalue weighted by molar-refractivity contribution is 6.03. The standard InChI is InChI=1S/C15H14F3N3O3/c16-15(17,18)11(12(19)22)10-8-4-1-2-5-9(8)13(23)20-6-3-7-21(20)14(10)24/h1-2,4-5,10-11H,3,6-7H2,(H2,19,22)/t10-,11?/m1/s1. The fraction of sp³-hybridized carbons (Fsp3) is 0.400. The van der Waals surface area contributed by atoms with Gasteiger partial charge in [-0.3, -0.25) is 19.4 Å². The average Bonchev–Trinajstić information content (AvgIpc) is 2.96. The molecular formula is C15H14F3N3O3. The minimum atomic E-state index is -5.00. The molecule has 0 radical (unpaired) electrons. The summed E-state index contributed by atoms with van der Waals surface area (Å²) in [6.45, 7) is 0.358. The summed E-state index contributed by atoms with van der Waals surface area (Å²) >= 11 is 0. The van der Waals surface area contributed by atoms with E-state index in [1.54, 1.807) is 0 Å². The summed E-state index contributed by atoms with van der Waals surface area (Å²) in [7, 11) is 0. The molecule has 6 nitrogen and oxygen atoms in total. The summed E-state index contributed by atoms with van der Waals surface area (Å²) in [4.78, 5) is 36.9. The number of nitrogens with two attached hydrogens (primary N) is 1. The third-order valence-electron chi connectivity index (χ3n) is 4.30. The summed E-state index contributed by atoms with van der Waals surface area (Å²) in [5.41, 5.74) is 4.83. The van der Waals surface area contributed by atoms with E-state index in [0.29, 0.717) is 6.42 Å². The summed E-state index contributed by atoms with van der Waals surface area (Å²) in [6, 6.07) is 5.54. The largest absolute Gasteiger partial charge is 0.401 e. The van der Waals surface area contributed by atoms with E-state index in [1.165, 1.54) is 24.3 Å². The van der Waals surface area contributed by atoms with Crippen LogP contribution in [0.4, 0.5) is 13.2 Å². The van der Waals surface area contributed by atoms with Gasteiger partial charge in [0.2, 0.25) is 11.8 Å². The van der Waals surface area contributed by atoms with Gasteiger partial charge in [-0.25, -0.2) is 5.01 Å². The van der Waals surface area contributed by atoms with Crippen molar-refractivity contribution in [2.45, 2.75) is 18.5 Å². The van der Waals surface area contributed by atoms with Crippen molar-refractivity contribution in [2.24, 2.45) is 11.7 Å². The number of benzene rings is 1. The van der Waals surface area contributed by atoms with Crippen LogP contribution in [0.15, 0.2) is 24.3 Å². The van der Waals surface area contributed by atoms with Crippen molar-refractivity contribution in [1.82, 2.24) is 10.0 Å². The number of nitrogens with zero attached hydrogens (tertiary/aromatic N) is 2. The van der Waals surface area contributed by atoms with E-state index in [2.05, 4.69) is 0 Å². The number of hydrazine groups is 1. The Labute approximate surface area is 135 Å². The molecule has 1 aromatic carbocycles. The van der Waals surface area contributed by atoms with Gasteiger partial charge in [-0.05, 0) is 18.1 Å². The molecule has 2 aliphatic heterocycles. The lowest BCUT2D eigenvalue weighted by molar-refractivity contribution is -0.191. The van der Waals surface area contributed by atoms with Crippen molar-refractivity contribution >= 4 is 17.7 Å². The molecule has 0 bridgehead atoms. The van der Waals surface area contributed by atoms with Gasteiger partial charge in [0.25, 0.3) is 5.91 Å². The van der Waals surface area contributed by atoms with Crippen LogP contribution in [0.25, 0.3) is 0 Å². The van der Waals surface area contributed by atoms with Crippen LogP contribution in [0.3, 0.4) is 0 Å². The molecule has 2 heterocycles. The SMILES string of the molecule is NC(=O)C([C@@H]1C(=O)N2CCCN2C(=O)c2ccccc21)C(F)(F)F. The number of alkyl halides is 3. The summed E-state index contributed by atoms with van der Waals surface area (Å²) < 4.78 is 40.3. The molecule has 3 amide bonds. The molecule has 1 fully saturated rings. The van der Waals surface area contributed by atoms with Crippen LogP contribution in [0, 0.1) is 5.92 Å². The number of hydrogen-bond donors (Lipinski definition) is 1. The van der Waals surface area contributed by atoms with Gasteiger partial charge >= 0.3 is 6.18 Å². The van der Waals surface area contributed by atoms with E-state index in [4.69, 9.17) is 5.73 Å². The van der Waals surface area contributed by atoms with Crippen LogP contribution in [0.1, 0.15) is 28.3 Å². The molecule has 0 aliphatic carbocycles. The van der Waals surface area contributed by atoms with E-state index < -0.39 is 35.7 Å². The third-order valence-corrected chi connectivity index (χ3v) is 4.30. The first kappa shape index (κ1) is 16.3. The van der Waals surface area contributed by atoms with E-state index in [1.807, 2.05) is 0 Å². The zero-order valence-electron chi connectivity index (χ0n) is 12.4. The Balaban J connectivity index is 2.22. The van der Waals surface area contributed by atoms with Gasteiger partial charge < -0.3 is 5.73 Å². The molecule has 2 aliphatic rings. The molecule has 3 rings (SSSR count). The molecule has 9 heteroatoms. The second-order valence-electron chi connectivity index (χ2n) is 5.73. The number of fused-ring (bicyclic) bond motifs is 2. The number of carbonyl (C=O) groups excluding carboxylic acids is 3. The van der Waals surface area contributed by atoms with E-state index in [0.717, 1.165) is 10.0 Å². The maximum atomic E-state index is 13.4. The molecule has 0 saturated carbocycles. The molecule has 2 N–H and O–H groups in total. The zero-order chi connectivity index (χ0) is 17.6. The molecule has 128 valence electrons. The summed E-state index contributed by atoms with van der Waals surface area (Å²) in [5, 5.41) is 2.13. The average molecular weight is 341 g/mol. The lowest BCUT2D eigenvalue weighted by Gasteiger charge is -2.30. The van der Waals surface area contributed by atoms with Crippen LogP contribution < -0.4 is 5.73 Å². The fourth-order valence-electron chi connectivity index (χ4n) is 3.28. The Bertz CT molecular complexity index is 719. The van der Waals surface area contributed by atoms with Gasteiger partial charge in [-0.15, -0.1) is 0 Å². The highest BCUT2D eigenvalue weighted by Gasteiger charge is 2.55. The van der Waals surface area contributed by atoms with Crippen LogP contribution in [0.2, 0.25) is 0 Å². The second kappa shape index (κ2) is 5.50. The third kappa shape index (κ3) is 2.40. The number of halogens is 3. The van der Waals surface area contributed by atoms with E-state index >= 15 is 0 Å². The summed E-state index contributed by atoms with van der Waals surface area (Å²) in [6.07, 6.45) is -4.54. The van der Waals surface area contributed by atoms with Gasteiger partial charge in [-0.1, -0.05) is 18.2 Å². The maximum absolute atomic E-state index is 13.4. The second-order valence-corrected chi connectivity index (χ2v) is 5.73. The van der Waals surface area contributed by atoms with Crippen molar-refractivity contribution in [2.75, 3.05) is 13.1 Å². The monoisotopic (exact) mass is 341 g/mol. The topological polar surface area (TPSA) is 83.7 Å². The molecule has 0 spiro atoms. The van der Waals surface area contributed by atoms with Crippen molar-refractivity contribution < 1.29 is 27.6 Å². The zero-order valence-corrected chi connectivity index (χ0v) is 12.4. The first-order valence-corrected chi connectivity index (χ1v) is 7.31. The van der Waals surface area contributed by atoms with Crippen LogP contribution >= 0.6 is 0 Å². The molecule has 1 saturated heterocycles. The minimum Gasteiger partial charge on any atom is -0.369 e. The smallest absolute Gasteiger partial charge is 0.369 e. The van der Waals surface area contributed by atoms with Gasteiger partial charge in [-0.2, -0.15) is 13.2 Å². The molecule has 0 aromatic heterocycles. The van der Waals surface area contributed by atoms with Gasteiger partial charge in [0, 0.05) is 18.7 Å². The minimum absolute atomic E-state index is 0.0178. The van der Waals surface area contributed by atoms with Crippen molar-refractivity contribution in [1.29, 1.82) is 0 Å². The Hall–Kier alpha value is -2.58. The quantitative estimate of drug-likeness (QED) is 0.872. The lowest BCUT2D eigenvalue weighted by Crippen LogP contribution is -2.49. The first-order chi connectivity index (χ1) is 11.2. The van der Waals surface area contributed by atoms with E-state index in [9.17, 15) is 27.6 Å². The Morgan fingerprint density at radius 1 is 1.17 bits per heavy atom. The maximum Gasteiger partial charge on any atom is 0.401 e. The lowest BCUT2D eigenvalue weighted by atomic mass is 9.82. The Morgan fingerprint density at radius 2 is 1.79 bits per heavy atom. The van der Waals surface area contributed by atoms with Crippen LogP contribution in [0.5, 0.6) is 0 Å². The normalized spacial score (nSPS) is 22.0. The first-order valence-electron chi connectivity index (χ1n) is 7.31. The molecular weight excluding hydrogens is 327 g/mol. The van der Waals surface area contributed by atoms with Crippen molar-refractivity contribution in [3.63, 3.8) is 0 Å². The van der Waals surface area contributed by atoms with E-state index in [-0.39, 0.29) is 24.2 Å². The molecule has 1 unspecified atom stereocenters. The van der Waals surface area contributed by atoms with Crippen molar-refractivity contribution in [3.05, 3.63) is 35.4 Å². The van der Waals surface area contributed by atoms with Gasteiger partial charge in [0.15, 0.2) is 0 Å². The van der Waals surface area contributed by atoms with Crippen molar-refractivity contribution in [3.8, 4) is 0 Å².